The molecule has 0 unspecified atom stereocenters. The molecule has 1 fully saturated rings. The highest BCUT2D eigenvalue weighted by Crippen LogP contribution is 2.44. The predicted octanol–water partition coefficient (Wildman–Crippen LogP) is 3.85. The highest BCUT2D eigenvalue weighted by Gasteiger charge is 2.42. The highest BCUT2D eigenvalue weighted by molar-refractivity contribution is 5.45. The first-order valence-corrected chi connectivity index (χ1v) is 7.62. The molecule has 0 aliphatic heterocycles. The Labute approximate surface area is 133 Å². The van der Waals surface area contributed by atoms with Crippen LogP contribution in [0.3, 0.4) is 0 Å². The Kier molecular flexibility index (Phi) is 4.22. The van der Waals surface area contributed by atoms with Gasteiger partial charge in [0.2, 0.25) is 0 Å². The van der Waals surface area contributed by atoms with Crippen molar-refractivity contribution in [2.75, 3.05) is 7.11 Å². The third-order valence-electron chi connectivity index (χ3n) is 4.57. The maximum atomic E-state index is 14.1. The van der Waals surface area contributed by atoms with Crippen molar-refractivity contribution >= 4 is 0 Å². The van der Waals surface area contributed by atoms with Crippen LogP contribution in [0.1, 0.15) is 30.4 Å². The number of rotatable bonds is 5. The Morgan fingerprint density at radius 3 is 2.35 bits per heavy atom. The van der Waals surface area contributed by atoms with Crippen LogP contribution in [0, 0.1) is 11.6 Å². The van der Waals surface area contributed by atoms with Crippen molar-refractivity contribution in [2.24, 2.45) is 0 Å². The number of aromatic hydroxyl groups is 1. The van der Waals surface area contributed by atoms with Crippen molar-refractivity contribution in [3.8, 4) is 11.5 Å². The molecule has 2 aromatic rings. The second-order valence-corrected chi connectivity index (χ2v) is 5.85. The lowest BCUT2D eigenvalue weighted by atomic mass is 9.71. The summed E-state index contributed by atoms with van der Waals surface area (Å²) in [6.07, 6.45) is 2.23. The van der Waals surface area contributed by atoms with Crippen molar-refractivity contribution in [2.45, 2.75) is 31.3 Å². The summed E-state index contributed by atoms with van der Waals surface area (Å²) in [4.78, 5) is 0. The highest BCUT2D eigenvalue weighted by atomic mass is 19.1. The van der Waals surface area contributed by atoms with E-state index in [1.807, 2.05) is 0 Å². The number of hydrogen-bond acceptors (Lipinski definition) is 3. The standard InChI is InChI=1S/C18H19F2NO2/c1-23-15-8-2-5-12(17(15)22)11-21-18(9-4-10-18)16-13(19)6-3-7-14(16)20/h2-3,5-8,21-22H,4,9-11H2,1H3. The molecule has 0 radical (unpaired) electrons. The molecule has 2 aromatic carbocycles. The van der Waals surface area contributed by atoms with Gasteiger partial charge in [-0.15, -0.1) is 0 Å². The van der Waals surface area contributed by atoms with Crippen molar-refractivity contribution < 1.29 is 18.6 Å². The van der Waals surface area contributed by atoms with E-state index < -0.39 is 17.2 Å². The quantitative estimate of drug-likeness (QED) is 0.879. The largest absolute Gasteiger partial charge is 0.504 e. The summed E-state index contributed by atoms with van der Waals surface area (Å²) in [6.45, 7) is 0.302. The zero-order chi connectivity index (χ0) is 16.4. The average Bonchev–Trinajstić information content (AvgIpc) is 2.49. The van der Waals surface area contributed by atoms with E-state index in [-0.39, 0.29) is 11.3 Å². The van der Waals surface area contributed by atoms with Crippen LogP contribution in [-0.4, -0.2) is 12.2 Å². The molecule has 2 N–H and O–H groups in total. The van der Waals surface area contributed by atoms with Gasteiger partial charge in [-0.3, -0.25) is 0 Å². The monoisotopic (exact) mass is 319 g/mol. The molecule has 0 atom stereocenters. The fourth-order valence-electron chi connectivity index (χ4n) is 3.14. The SMILES string of the molecule is COc1cccc(CNC2(c3c(F)cccc3F)CCC2)c1O. The second kappa shape index (κ2) is 6.16. The minimum absolute atomic E-state index is 0.0472. The van der Waals surface area contributed by atoms with Gasteiger partial charge in [0.05, 0.1) is 7.11 Å². The Hall–Kier alpha value is -2.14. The molecule has 122 valence electrons. The lowest BCUT2D eigenvalue weighted by Crippen LogP contribution is -2.48. The minimum atomic E-state index is -0.717. The van der Waals surface area contributed by atoms with Crippen LogP contribution < -0.4 is 10.1 Å². The van der Waals surface area contributed by atoms with Gasteiger partial charge in [0.15, 0.2) is 11.5 Å². The van der Waals surface area contributed by atoms with Crippen LogP contribution in [0.25, 0.3) is 0 Å². The molecule has 0 aromatic heterocycles. The Morgan fingerprint density at radius 2 is 1.78 bits per heavy atom. The van der Waals surface area contributed by atoms with E-state index in [0.717, 1.165) is 6.42 Å². The summed E-state index contributed by atoms with van der Waals surface area (Å²) in [5.74, 6) is -0.644. The number of ether oxygens (including phenoxy) is 1. The molecule has 23 heavy (non-hydrogen) atoms. The van der Waals surface area contributed by atoms with Gasteiger partial charge in [-0.1, -0.05) is 18.2 Å². The lowest BCUT2D eigenvalue weighted by molar-refractivity contribution is 0.170. The van der Waals surface area contributed by atoms with Gasteiger partial charge >= 0.3 is 0 Å². The minimum Gasteiger partial charge on any atom is -0.504 e. The fourth-order valence-corrected chi connectivity index (χ4v) is 3.14. The number of nitrogens with one attached hydrogen (secondary N) is 1. The van der Waals surface area contributed by atoms with E-state index in [9.17, 15) is 13.9 Å². The summed E-state index contributed by atoms with van der Waals surface area (Å²) in [5.41, 5.74) is 0.00584. The maximum absolute atomic E-state index is 14.1. The number of para-hydroxylation sites is 1. The van der Waals surface area contributed by atoms with Gasteiger partial charge < -0.3 is 15.2 Å². The van der Waals surface area contributed by atoms with Gasteiger partial charge in [0.25, 0.3) is 0 Å². The Balaban J connectivity index is 1.86. The summed E-state index contributed by atoms with van der Waals surface area (Å²) in [6, 6.07) is 9.12. The van der Waals surface area contributed by atoms with E-state index in [4.69, 9.17) is 4.74 Å². The first-order chi connectivity index (χ1) is 11.1. The van der Waals surface area contributed by atoms with Gasteiger partial charge in [-0.25, -0.2) is 8.78 Å². The first-order valence-electron chi connectivity index (χ1n) is 7.62. The molecule has 5 heteroatoms. The number of hydrogen-bond donors (Lipinski definition) is 2. The van der Waals surface area contributed by atoms with Gasteiger partial charge in [-0.2, -0.15) is 0 Å². The summed E-state index contributed by atoms with van der Waals surface area (Å²) in [5, 5.41) is 13.4. The van der Waals surface area contributed by atoms with Crippen LogP contribution in [-0.2, 0) is 12.1 Å². The van der Waals surface area contributed by atoms with Gasteiger partial charge in [0.1, 0.15) is 11.6 Å². The predicted molar refractivity (Wildman–Crippen MR) is 83.4 cm³/mol. The molecule has 3 rings (SSSR count). The maximum Gasteiger partial charge on any atom is 0.162 e. The summed E-state index contributed by atoms with van der Waals surface area (Å²) >= 11 is 0. The van der Waals surface area contributed by atoms with Crippen molar-refractivity contribution in [1.29, 1.82) is 0 Å². The normalized spacial score (nSPS) is 16.0. The van der Waals surface area contributed by atoms with Crippen LogP contribution >= 0.6 is 0 Å². The van der Waals surface area contributed by atoms with Gasteiger partial charge in [-0.05, 0) is 37.5 Å². The molecule has 1 aliphatic carbocycles. The molecule has 3 nitrogen and oxygen atoms in total. The van der Waals surface area contributed by atoms with Crippen LogP contribution in [0.4, 0.5) is 8.78 Å². The van der Waals surface area contributed by atoms with E-state index >= 15 is 0 Å². The fraction of sp³-hybridized carbons (Fsp3) is 0.333. The Bertz CT molecular complexity index is 694. The number of methoxy groups -OCH3 is 1. The number of benzene rings is 2. The van der Waals surface area contributed by atoms with E-state index in [1.54, 1.807) is 18.2 Å². The average molecular weight is 319 g/mol. The molecule has 1 saturated carbocycles. The van der Waals surface area contributed by atoms with E-state index in [1.165, 1.54) is 25.3 Å². The molecule has 0 heterocycles. The van der Waals surface area contributed by atoms with Crippen molar-refractivity contribution in [3.05, 3.63) is 59.2 Å². The number of phenolic OH excluding ortho intramolecular Hbond substituents is 1. The third-order valence-corrected chi connectivity index (χ3v) is 4.57. The molecular weight excluding hydrogens is 300 g/mol. The topological polar surface area (TPSA) is 41.5 Å². The molecular formula is C18H19F2NO2. The second-order valence-electron chi connectivity index (χ2n) is 5.85. The lowest BCUT2D eigenvalue weighted by Gasteiger charge is -2.43. The van der Waals surface area contributed by atoms with Crippen molar-refractivity contribution in [1.82, 2.24) is 5.32 Å². The smallest absolute Gasteiger partial charge is 0.162 e. The number of halogens is 2. The van der Waals surface area contributed by atoms with E-state index in [2.05, 4.69) is 5.32 Å². The van der Waals surface area contributed by atoms with Crippen LogP contribution in [0.2, 0.25) is 0 Å². The molecule has 1 aliphatic rings. The zero-order valence-corrected chi connectivity index (χ0v) is 12.9. The molecule has 0 saturated heterocycles. The third kappa shape index (κ3) is 2.77. The van der Waals surface area contributed by atoms with Crippen LogP contribution in [0.5, 0.6) is 11.5 Å². The number of phenols is 1. The van der Waals surface area contributed by atoms with Gasteiger partial charge in [0, 0.05) is 23.2 Å². The zero-order valence-electron chi connectivity index (χ0n) is 12.9. The molecule has 0 spiro atoms. The summed E-state index contributed by atoms with van der Waals surface area (Å²) < 4.78 is 33.4. The van der Waals surface area contributed by atoms with Crippen molar-refractivity contribution in [3.63, 3.8) is 0 Å². The first kappa shape index (κ1) is 15.7. The molecule has 0 amide bonds. The molecule has 0 bridgehead atoms. The summed E-state index contributed by atoms with van der Waals surface area (Å²) in [7, 11) is 1.48. The van der Waals surface area contributed by atoms with E-state index in [0.29, 0.717) is 30.7 Å². The Morgan fingerprint density at radius 1 is 1.13 bits per heavy atom. The van der Waals surface area contributed by atoms with Crippen LogP contribution in [0.15, 0.2) is 36.4 Å².